The van der Waals surface area contributed by atoms with Crippen LogP contribution < -0.4 is 10.1 Å². The molecule has 51 heavy (non-hydrogen) atoms. The van der Waals surface area contributed by atoms with Gasteiger partial charge in [0, 0.05) is 54.0 Å². The van der Waals surface area contributed by atoms with Gasteiger partial charge in [-0.1, -0.05) is 89.8 Å². The number of carboxylic acid groups (broad SMARTS) is 1. The minimum atomic E-state index is -0.927. The quantitative estimate of drug-likeness (QED) is 0.121. The summed E-state index contributed by atoms with van der Waals surface area (Å²) >= 11 is 0. The lowest BCUT2D eigenvalue weighted by Gasteiger charge is -2.24. The van der Waals surface area contributed by atoms with Gasteiger partial charge in [0.15, 0.2) is 11.6 Å². The molecule has 1 saturated heterocycles. The number of benzene rings is 2. The molecule has 1 fully saturated rings. The first-order valence-corrected chi connectivity index (χ1v) is 18.0. The Morgan fingerprint density at radius 1 is 0.961 bits per heavy atom. The highest BCUT2D eigenvalue weighted by molar-refractivity contribution is 5.97. The largest absolute Gasteiger partial charge is 0.494 e. The summed E-state index contributed by atoms with van der Waals surface area (Å²) in [7, 11) is 0. The second-order valence-electron chi connectivity index (χ2n) is 14.5. The highest BCUT2D eigenvalue weighted by Crippen LogP contribution is 2.28. The van der Waals surface area contributed by atoms with E-state index >= 15 is 0 Å². The summed E-state index contributed by atoms with van der Waals surface area (Å²) in [5, 5.41) is 12.4. The molecule has 2 amide bonds. The van der Waals surface area contributed by atoms with Crippen molar-refractivity contribution in [2.45, 2.75) is 91.0 Å². The Morgan fingerprint density at radius 2 is 1.63 bits per heavy atom. The van der Waals surface area contributed by atoms with E-state index in [0.29, 0.717) is 30.1 Å². The zero-order valence-electron chi connectivity index (χ0n) is 30.4. The van der Waals surface area contributed by atoms with Gasteiger partial charge in [-0.15, -0.1) is 0 Å². The molecule has 10 heteroatoms. The van der Waals surface area contributed by atoms with Crippen molar-refractivity contribution in [3.05, 3.63) is 89.6 Å². The third kappa shape index (κ3) is 9.84. The van der Waals surface area contributed by atoms with Crippen LogP contribution >= 0.6 is 0 Å². The Bertz CT molecular complexity index is 1770. The number of hydrogen-bond acceptors (Lipinski definition) is 7. The lowest BCUT2D eigenvalue weighted by atomic mass is 9.93. The number of aryl methyl sites for hydroxylation is 1. The van der Waals surface area contributed by atoms with Gasteiger partial charge in [-0.3, -0.25) is 14.4 Å². The van der Waals surface area contributed by atoms with Crippen molar-refractivity contribution >= 4 is 17.8 Å². The van der Waals surface area contributed by atoms with Crippen molar-refractivity contribution < 1.29 is 28.6 Å². The van der Waals surface area contributed by atoms with Crippen molar-refractivity contribution in [1.29, 1.82) is 0 Å². The van der Waals surface area contributed by atoms with E-state index in [-0.39, 0.29) is 30.0 Å². The fourth-order valence-corrected chi connectivity index (χ4v) is 6.17. The Hall–Kier alpha value is -4.99. The molecule has 2 aromatic carbocycles. The van der Waals surface area contributed by atoms with E-state index in [2.05, 4.69) is 22.2 Å². The topological polar surface area (TPSA) is 135 Å². The molecule has 2 N–H and O–H groups in total. The van der Waals surface area contributed by atoms with Crippen LogP contribution in [-0.4, -0.2) is 63.5 Å². The van der Waals surface area contributed by atoms with Crippen molar-refractivity contribution in [2.75, 3.05) is 19.7 Å². The number of likely N-dealkylation sites (tertiary alicyclic amines) is 1. The molecule has 0 aliphatic carbocycles. The van der Waals surface area contributed by atoms with E-state index in [0.717, 1.165) is 41.0 Å². The van der Waals surface area contributed by atoms with E-state index in [4.69, 9.17) is 9.15 Å². The number of unbranched alkanes of at least 4 members (excludes halogenated alkanes) is 4. The average Bonchev–Trinajstić information content (AvgIpc) is 3.78. The van der Waals surface area contributed by atoms with E-state index in [1.54, 1.807) is 19.3 Å². The van der Waals surface area contributed by atoms with Crippen LogP contribution in [-0.2, 0) is 21.4 Å². The summed E-state index contributed by atoms with van der Waals surface area (Å²) in [5.41, 5.74) is 3.91. The third-order valence-electron chi connectivity index (χ3n) is 9.32. The van der Waals surface area contributed by atoms with Gasteiger partial charge in [0.2, 0.25) is 5.91 Å². The molecule has 0 unspecified atom stereocenters. The number of nitrogens with one attached hydrogen (secondary N) is 1. The maximum Gasteiger partial charge on any atom is 0.308 e. The molecule has 2 atom stereocenters. The summed E-state index contributed by atoms with van der Waals surface area (Å²) < 4.78 is 11.8. The zero-order valence-corrected chi connectivity index (χ0v) is 30.4. The molecule has 1 aliphatic rings. The van der Waals surface area contributed by atoms with Gasteiger partial charge in [-0.05, 0) is 49.1 Å². The molecular weight excluding hydrogens is 644 g/mol. The number of ether oxygens (including phenoxy) is 1. The number of nitrogens with zero attached hydrogens (tertiary/aromatic N) is 3. The highest BCUT2D eigenvalue weighted by atomic mass is 16.5. The maximum absolute atomic E-state index is 13.7. The van der Waals surface area contributed by atoms with Crippen LogP contribution in [0.4, 0.5) is 0 Å². The minimum absolute atomic E-state index is 0.109. The molecule has 0 saturated carbocycles. The van der Waals surface area contributed by atoms with Crippen LogP contribution in [0.25, 0.3) is 22.5 Å². The first-order valence-electron chi connectivity index (χ1n) is 18.0. The number of carbonyl (C=O) groups is 3. The lowest BCUT2D eigenvalue weighted by molar-refractivity contribution is -0.141. The molecule has 2 aromatic heterocycles. The van der Waals surface area contributed by atoms with Crippen LogP contribution in [0.1, 0.15) is 93.7 Å². The summed E-state index contributed by atoms with van der Waals surface area (Å²) in [5.74, 6) is -0.104. The number of carboxylic acids is 1. The van der Waals surface area contributed by atoms with Crippen molar-refractivity contribution in [2.24, 2.45) is 5.92 Å². The SMILES string of the molecule is CCCCCCCOc1ccc(-c2cnc(-c3ccc(C[C@H](NC(=O)c4oc(C(C)(C)C)cc4C)C(=O)N4CC[C@H](C(=O)O)C4)cc3)nc2)cc1. The molecule has 270 valence electrons. The summed E-state index contributed by atoms with van der Waals surface area (Å²) in [6.45, 7) is 11.2. The summed E-state index contributed by atoms with van der Waals surface area (Å²) in [6, 6.07) is 16.5. The lowest BCUT2D eigenvalue weighted by Crippen LogP contribution is -2.49. The van der Waals surface area contributed by atoms with Gasteiger partial charge in [0.05, 0.1) is 12.5 Å². The van der Waals surface area contributed by atoms with Crippen LogP contribution in [0.2, 0.25) is 0 Å². The number of rotatable bonds is 15. The molecule has 5 rings (SSSR count). The van der Waals surface area contributed by atoms with E-state index < -0.39 is 23.8 Å². The fraction of sp³-hybridized carbons (Fsp3) is 0.439. The van der Waals surface area contributed by atoms with Crippen LogP contribution in [0.5, 0.6) is 5.75 Å². The predicted molar refractivity (Wildman–Crippen MR) is 197 cm³/mol. The Kier molecular flexibility index (Phi) is 12.3. The molecule has 1 aliphatic heterocycles. The summed E-state index contributed by atoms with van der Waals surface area (Å²) in [4.78, 5) is 49.6. The monoisotopic (exact) mass is 694 g/mol. The Balaban J connectivity index is 1.25. The molecule has 0 bridgehead atoms. The smallest absolute Gasteiger partial charge is 0.308 e. The second-order valence-corrected chi connectivity index (χ2v) is 14.5. The third-order valence-corrected chi connectivity index (χ3v) is 9.32. The number of aliphatic carboxylic acids is 1. The Labute approximate surface area is 300 Å². The fourth-order valence-electron chi connectivity index (χ4n) is 6.17. The predicted octanol–water partition coefficient (Wildman–Crippen LogP) is 7.63. The Morgan fingerprint density at radius 3 is 2.24 bits per heavy atom. The molecule has 0 spiro atoms. The van der Waals surface area contributed by atoms with Gasteiger partial charge < -0.3 is 24.5 Å². The molecule has 3 heterocycles. The van der Waals surface area contributed by atoms with Crippen molar-refractivity contribution in [3.63, 3.8) is 0 Å². The van der Waals surface area contributed by atoms with Crippen LogP contribution in [0, 0.1) is 12.8 Å². The van der Waals surface area contributed by atoms with Gasteiger partial charge in [-0.25, -0.2) is 9.97 Å². The van der Waals surface area contributed by atoms with Gasteiger partial charge in [-0.2, -0.15) is 0 Å². The van der Waals surface area contributed by atoms with Gasteiger partial charge in [0.25, 0.3) is 5.91 Å². The van der Waals surface area contributed by atoms with E-state index in [1.165, 1.54) is 30.6 Å². The van der Waals surface area contributed by atoms with Crippen LogP contribution in [0.15, 0.2) is 71.4 Å². The van der Waals surface area contributed by atoms with Gasteiger partial charge in [0.1, 0.15) is 17.6 Å². The minimum Gasteiger partial charge on any atom is -0.494 e. The normalized spacial score (nSPS) is 15.1. The number of carbonyl (C=O) groups excluding carboxylic acids is 2. The maximum atomic E-state index is 13.7. The average molecular weight is 695 g/mol. The van der Waals surface area contributed by atoms with Crippen LogP contribution in [0.3, 0.4) is 0 Å². The highest BCUT2D eigenvalue weighted by Gasteiger charge is 2.35. The van der Waals surface area contributed by atoms with Crippen molar-refractivity contribution in [3.8, 4) is 28.3 Å². The van der Waals surface area contributed by atoms with E-state index in [1.807, 2.05) is 75.4 Å². The first kappa shape index (κ1) is 37.3. The first-order chi connectivity index (χ1) is 24.4. The number of amides is 2. The second kappa shape index (κ2) is 16.8. The molecule has 10 nitrogen and oxygen atoms in total. The van der Waals surface area contributed by atoms with Crippen molar-refractivity contribution in [1.82, 2.24) is 20.2 Å². The zero-order chi connectivity index (χ0) is 36.5. The number of aromatic nitrogens is 2. The van der Waals surface area contributed by atoms with E-state index in [9.17, 15) is 19.5 Å². The number of furan rings is 1. The summed E-state index contributed by atoms with van der Waals surface area (Å²) in [6.07, 6.45) is 10.2. The molecule has 4 aromatic rings. The number of hydrogen-bond donors (Lipinski definition) is 2. The molecular formula is C41H50N4O6. The molecule has 0 radical (unpaired) electrons. The van der Waals surface area contributed by atoms with Gasteiger partial charge >= 0.3 is 5.97 Å². The standard InChI is InChI=1S/C41H50N4O6/c1-6-7-8-9-10-21-50-33-17-15-29(16-18-33)32-24-42-37(43-25-32)30-13-11-28(12-14-30)23-34(39(47)45-20-19-31(26-45)40(48)49)44-38(46)36-27(2)22-35(51-36)41(3,4)5/h11-18,22,24-25,31,34H,6-10,19-21,23,26H2,1-5H3,(H,44,46)(H,48,49)/t31-,34-/m0/s1.